The van der Waals surface area contributed by atoms with Gasteiger partial charge in [-0.1, -0.05) is 30.3 Å². The molecule has 5 heteroatoms. The molecule has 2 N–H and O–H groups in total. The Morgan fingerprint density at radius 2 is 1.95 bits per heavy atom. The van der Waals surface area contributed by atoms with Crippen molar-refractivity contribution in [2.45, 2.75) is 57.5 Å². The number of nitrogens with one attached hydrogen (secondary N) is 1. The first-order chi connectivity index (χ1) is 10.3. The smallest absolute Gasteiger partial charge is 0.407 e. The van der Waals surface area contributed by atoms with Crippen LogP contribution in [-0.4, -0.2) is 35.1 Å². The van der Waals surface area contributed by atoms with E-state index in [4.69, 9.17) is 9.47 Å². The van der Waals surface area contributed by atoms with Crippen LogP contribution in [0.4, 0.5) is 4.79 Å². The van der Waals surface area contributed by atoms with Crippen molar-refractivity contribution in [1.82, 2.24) is 5.32 Å². The van der Waals surface area contributed by atoms with Gasteiger partial charge in [0.2, 0.25) is 0 Å². The number of ether oxygens (including phenoxy) is 2. The van der Waals surface area contributed by atoms with Crippen LogP contribution in [0.5, 0.6) is 0 Å². The van der Waals surface area contributed by atoms with E-state index in [9.17, 15) is 9.90 Å². The van der Waals surface area contributed by atoms with E-state index < -0.39 is 17.3 Å². The minimum Gasteiger partial charge on any atom is -0.444 e. The Hall–Kier alpha value is -1.59. The first-order valence-electron chi connectivity index (χ1n) is 7.61. The van der Waals surface area contributed by atoms with Crippen molar-refractivity contribution in [3.63, 3.8) is 0 Å². The van der Waals surface area contributed by atoms with Crippen molar-refractivity contribution < 1.29 is 19.4 Å². The summed E-state index contributed by atoms with van der Waals surface area (Å²) < 4.78 is 10.9. The second-order valence-electron chi connectivity index (χ2n) is 6.91. The van der Waals surface area contributed by atoms with Crippen LogP contribution in [-0.2, 0) is 16.1 Å². The van der Waals surface area contributed by atoms with E-state index in [0.717, 1.165) is 5.56 Å². The van der Waals surface area contributed by atoms with Gasteiger partial charge < -0.3 is 19.9 Å². The Morgan fingerprint density at radius 1 is 1.32 bits per heavy atom. The number of aliphatic hydroxyl groups is 1. The van der Waals surface area contributed by atoms with E-state index in [2.05, 4.69) is 5.32 Å². The van der Waals surface area contributed by atoms with E-state index in [1.807, 2.05) is 30.3 Å². The molecule has 1 fully saturated rings. The van der Waals surface area contributed by atoms with Crippen molar-refractivity contribution in [2.75, 3.05) is 6.54 Å². The number of rotatable bonds is 5. The van der Waals surface area contributed by atoms with E-state index >= 15 is 0 Å². The molecule has 5 nitrogen and oxygen atoms in total. The maximum atomic E-state index is 11.6. The highest BCUT2D eigenvalue weighted by Crippen LogP contribution is 2.34. The Bertz CT molecular complexity index is 489. The molecule has 1 aliphatic carbocycles. The summed E-state index contributed by atoms with van der Waals surface area (Å²) in [5.41, 5.74) is -0.309. The molecule has 1 saturated carbocycles. The molecule has 1 aromatic rings. The summed E-state index contributed by atoms with van der Waals surface area (Å²) in [6, 6.07) is 9.93. The number of hydrogen-bond acceptors (Lipinski definition) is 4. The lowest BCUT2D eigenvalue weighted by Gasteiger charge is -2.43. The van der Waals surface area contributed by atoms with Gasteiger partial charge in [0, 0.05) is 19.4 Å². The van der Waals surface area contributed by atoms with Crippen LogP contribution in [0.15, 0.2) is 30.3 Å². The van der Waals surface area contributed by atoms with Crippen LogP contribution >= 0.6 is 0 Å². The lowest BCUT2D eigenvalue weighted by atomic mass is 9.77. The van der Waals surface area contributed by atoms with Crippen LogP contribution in [0.2, 0.25) is 0 Å². The molecule has 0 atom stereocenters. The average Bonchev–Trinajstić information content (AvgIpc) is 2.40. The van der Waals surface area contributed by atoms with Gasteiger partial charge in [0.1, 0.15) is 5.60 Å². The molecule has 0 heterocycles. The zero-order valence-electron chi connectivity index (χ0n) is 13.5. The molecule has 122 valence electrons. The summed E-state index contributed by atoms with van der Waals surface area (Å²) >= 11 is 0. The van der Waals surface area contributed by atoms with E-state index in [1.165, 1.54) is 0 Å². The molecule has 1 aliphatic rings. The number of alkyl carbamates (subject to hydrolysis) is 1. The lowest BCUT2D eigenvalue weighted by molar-refractivity contribution is -0.141. The molecule has 0 aliphatic heterocycles. The third-order valence-corrected chi connectivity index (χ3v) is 3.50. The van der Waals surface area contributed by atoms with E-state index in [0.29, 0.717) is 19.4 Å². The highest BCUT2D eigenvalue weighted by atomic mass is 16.6. The van der Waals surface area contributed by atoms with Gasteiger partial charge in [-0.2, -0.15) is 0 Å². The second kappa shape index (κ2) is 6.67. The van der Waals surface area contributed by atoms with Gasteiger partial charge in [-0.3, -0.25) is 0 Å². The zero-order chi connectivity index (χ0) is 16.2. The molecular weight excluding hydrogens is 282 g/mol. The molecule has 22 heavy (non-hydrogen) atoms. The maximum Gasteiger partial charge on any atom is 0.407 e. The molecule has 0 unspecified atom stereocenters. The maximum absolute atomic E-state index is 11.6. The number of carbonyl (C=O) groups is 1. The second-order valence-corrected chi connectivity index (χ2v) is 6.91. The minimum absolute atomic E-state index is 0.0330. The van der Waals surface area contributed by atoms with Crippen molar-refractivity contribution in [3.05, 3.63) is 35.9 Å². The van der Waals surface area contributed by atoms with Crippen LogP contribution in [0, 0.1) is 0 Å². The molecule has 0 aromatic heterocycles. The summed E-state index contributed by atoms with van der Waals surface area (Å²) in [6.07, 6.45) is 0.575. The fourth-order valence-corrected chi connectivity index (χ4v) is 2.39. The molecule has 0 radical (unpaired) electrons. The third kappa shape index (κ3) is 5.31. The molecule has 0 bridgehead atoms. The van der Waals surface area contributed by atoms with Gasteiger partial charge in [0.15, 0.2) is 0 Å². The first kappa shape index (κ1) is 16.8. The van der Waals surface area contributed by atoms with Gasteiger partial charge >= 0.3 is 6.09 Å². The molecule has 0 spiro atoms. The topological polar surface area (TPSA) is 67.8 Å². The third-order valence-electron chi connectivity index (χ3n) is 3.50. The van der Waals surface area contributed by atoms with Crippen LogP contribution in [0.3, 0.4) is 0 Å². The Balaban J connectivity index is 1.65. The lowest BCUT2D eigenvalue weighted by Crippen LogP contribution is -2.55. The fourth-order valence-electron chi connectivity index (χ4n) is 2.39. The van der Waals surface area contributed by atoms with Gasteiger partial charge in [-0.15, -0.1) is 0 Å². The molecule has 1 amide bonds. The van der Waals surface area contributed by atoms with Crippen LogP contribution < -0.4 is 5.32 Å². The van der Waals surface area contributed by atoms with Gasteiger partial charge in [0.05, 0.1) is 18.3 Å². The summed E-state index contributed by atoms with van der Waals surface area (Å²) in [5.74, 6) is 0. The number of hydrogen-bond donors (Lipinski definition) is 2. The number of benzene rings is 1. The minimum atomic E-state index is -0.891. The van der Waals surface area contributed by atoms with Crippen molar-refractivity contribution >= 4 is 6.09 Å². The van der Waals surface area contributed by atoms with Gasteiger partial charge in [-0.25, -0.2) is 4.79 Å². The van der Waals surface area contributed by atoms with E-state index in [-0.39, 0.29) is 12.6 Å². The monoisotopic (exact) mass is 307 g/mol. The SMILES string of the molecule is CC(C)(C)OC(=O)NCC1(O)CC(OCc2ccccc2)C1. The van der Waals surface area contributed by atoms with Gasteiger partial charge in [-0.05, 0) is 26.3 Å². The highest BCUT2D eigenvalue weighted by Gasteiger charge is 2.43. The normalized spacial score (nSPS) is 24.5. The van der Waals surface area contributed by atoms with Crippen LogP contribution in [0.25, 0.3) is 0 Å². The van der Waals surface area contributed by atoms with Crippen LogP contribution in [0.1, 0.15) is 39.2 Å². The summed E-state index contributed by atoms with van der Waals surface area (Å²) in [7, 11) is 0. The van der Waals surface area contributed by atoms with Gasteiger partial charge in [0.25, 0.3) is 0 Å². The quantitative estimate of drug-likeness (QED) is 0.877. The van der Waals surface area contributed by atoms with E-state index in [1.54, 1.807) is 20.8 Å². The Kier molecular flexibility index (Phi) is 5.08. The summed E-state index contributed by atoms with van der Waals surface area (Å²) in [4.78, 5) is 11.6. The summed E-state index contributed by atoms with van der Waals surface area (Å²) in [5, 5.41) is 12.9. The number of amides is 1. The van der Waals surface area contributed by atoms with Crippen molar-refractivity contribution in [1.29, 1.82) is 0 Å². The predicted octanol–water partition coefficient (Wildman–Crippen LogP) is 2.62. The molecule has 2 rings (SSSR count). The Labute approximate surface area is 131 Å². The molecule has 0 saturated heterocycles. The Morgan fingerprint density at radius 3 is 2.55 bits per heavy atom. The summed E-state index contributed by atoms with van der Waals surface area (Å²) in [6.45, 7) is 6.14. The number of carbonyl (C=O) groups excluding carboxylic acids is 1. The predicted molar refractivity (Wildman–Crippen MR) is 83.4 cm³/mol. The van der Waals surface area contributed by atoms with Crippen molar-refractivity contribution in [2.24, 2.45) is 0 Å². The molecular formula is C17H25NO4. The molecule has 1 aromatic carbocycles. The zero-order valence-corrected chi connectivity index (χ0v) is 13.5. The average molecular weight is 307 g/mol. The standard InChI is InChI=1S/C17H25NO4/c1-16(2,3)22-15(19)18-12-17(20)9-14(10-17)21-11-13-7-5-4-6-8-13/h4-8,14,20H,9-12H2,1-3H3,(H,18,19). The largest absolute Gasteiger partial charge is 0.444 e. The highest BCUT2D eigenvalue weighted by molar-refractivity contribution is 5.67. The first-order valence-corrected chi connectivity index (χ1v) is 7.61. The van der Waals surface area contributed by atoms with Crippen molar-refractivity contribution in [3.8, 4) is 0 Å². The fraction of sp³-hybridized carbons (Fsp3) is 0.588.